The second-order valence-corrected chi connectivity index (χ2v) is 18.7. The van der Waals surface area contributed by atoms with Crippen molar-refractivity contribution < 1.29 is 14.3 Å². The number of hydrogen-bond acceptors (Lipinski definition) is 6. The van der Waals surface area contributed by atoms with E-state index in [-0.39, 0.29) is 24.6 Å². The molecule has 1 saturated heterocycles. The van der Waals surface area contributed by atoms with E-state index < -0.39 is 18.3 Å². The molecule has 10 heteroatoms. The molecule has 4 rings (SSSR count). The van der Waals surface area contributed by atoms with Gasteiger partial charge in [0.25, 0.3) is 0 Å². The number of carbonyl (C=O) groups excluding carboxylic acids is 1. The third kappa shape index (κ3) is 12.6. The third-order valence-corrected chi connectivity index (χ3v) is 13.1. The molecule has 1 unspecified atom stereocenters. The van der Waals surface area contributed by atoms with Crippen LogP contribution in [0.3, 0.4) is 0 Å². The molecule has 0 aliphatic carbocycles. The van der Waals surface area contributed by atoms with Crippen molar-refractivity contribution in [2.45, 2.75) is 78.9 Å². The maximum atomic E-state index is 12.7. The minimum atomic E-state index is -2.39. The topological polar surface area (TPSA) is 91.1 Å². The first-order chi connectivity index (χ1) is 26.3. The zero-order valence-corrected chi connectivity index (χ0v) is 35.4. The van der Waals surface area contributed by atoms with Gasteiger partial charge in [-0.25, -0.2) is 15.2 Å². The highest BCUT2D eigenvalue weighted by atomic mass is 31.2. The highest BCUT2D eigenvalue weighted by Crippen LogP contribution is 2.46. The fraction of sp³-hybridized carbons (Fsp3) is 0.444. The number of hydrogen-bond donors (Lipinski definition) is 1. The fourth-order valence-corrected chi connectivity index (χ4v) is 10.1. The Morgan fingerprint density at radius 1 is 0.945 bits per heavy atom. The summed E-state index contributed by atoms with van der Waals surface area (Å²) in [6.07, 6.45) is 10.9. The lowest BCUT2D eigenvalue weighted by molar-refractivity contribution is -0.00502. The van der Waals surface area contributed by atoms with Crippen LogP contribution in [0.4, 0.5) is 4.79 Å². The van der Waals surface area contributed by atoms with Gasteiger partial charge in [-0.2, -0.15) is 0 Å². The molecule has 3 aromatic carbocycles. The first kappa shape index (κ1) is 43.4. The molecule has 1 fully saturated rings. The maximum Gasteiger partial charge on any atom is 0.410 e. The molecule has 1 atom stereocenters. The van der Waals surface area contributed by atoms with Crippen molar-refractivity contribution in [2.75, 3.05) is 40.5 Å². The number of amidine groups is 1. The van der Waals surface area contributed by atoms with E-state index in [0.717, 1.165) is 25.1 Å². The van der Waals surface area contributed by atoms with Crippen LogP contribution in [0, 0.1) is 11.8 Å². The minimum Gasteiger partial charge on any atom is -0.444 e. The van der Waals surface area contributed by atoms with E-state index in [1.54, 1.807) is 18.3 Å². The van der Waals surface area contributed by atoms with Crippen molar-refractivity contribution in [3.63, 3.8) is 0 Å². The average Bonchev–Trinajstić information content (AvgIpc) is 3.15. The van der Waals surface area contributed by atoms with E-state index in [2.05, 4.69) is 129 Å². The van der Waals surface area contributed by atoms with Gasteiger partial charge in [-0.05, 0) is 53.0 Å². The highest BCUT2D eigenvalue weighted by molar-refractivity contribution is 7.87. The smallest absolute Gasteiger partial charge is 0.410 e. The van der Waals surface area contributed by atoms with Crippen molar-refractivity contribution in [1.82, 2.24) is 15.3 Å². The second-order valence-electron chi connectivity index (χ2n) is 15.6. The van der Waals surface area contributed by atoms with Crippen LogP contribution in [0.2, 0.25) is 0 Å². The van der Waals surface area contributed by atoms with Crippen LogP contribution in [0.15, 0.2) is 130 Å². The molecule has 3 aromatic rings. The Kier molecular flexibility index (Phi) is 16.2. The van der Waals surface area contributed by atoms with Gasteiger partial charge < -0.3 is 14.4 Å². The Bertz CT molecular complexity index is 1710. The number of unbranched alkanes of at least 4 members (excludes halogenated alkanes) is 1. The third-order valence-electron chi connectivity index (χ3n) is 9.44. The molecule has 1 amide bonds. The normalized spacial score (nSPS) is 15.3. The van der Waals surface area contributed by atoms with E-state index in [0.29, 0.717) is 19.6 Å². The van der Waals surface area contributed by atoms with Crippen LogP contribution in [-0.4, -0.2) is 79.8 Å². The second kappa shape index (κ2) is 20.6. The van der Waals surface area contributed by atoms with Crippen LogP contribution in [0.25, 0.3) is 0 Å². The molecule has 1 aliphatic heterocycles. The predicted molar refractivity (Wildman–Crippen MR) is 232 cm³/mol. The van der Waals surface area contributed by atoms with Gasteiger partial charge in [0.15, 0.2) is 0 Å². The summed E-state index contributed by atoms with van der Waals surface area (Å²) in [6.45, 7) is 16.4. The molecule has 1 N–H and O–H groups in total. The van der Waals surface area contributed by atoms with Gasteiger partial charge >= 0.3 is 6.09 Å². The Morgan fingerprint density at radius 2 is 1.49 bits per heavy atom. The minimum absolute atomic E-state index is 0.0209. The molecule has 0 radical (unpaired) electrons. The highest BCUT2D eigenvalue weighted by Gasteiger charge is 2.35. The number of methoxy groups -OCH3 is 1. The summed E-state index contributed by atoms with van der Waals surface area (Å²) in [5.74, 6) is 1.14. The van der Waals surface area contributed by atoms with E-state index in [9.17, 15) is 4.79 Å². The number of allylic oxidation sites excluding steroid dienone is 3. The van der Waals surface area contributed by atoms with Gasteiger partial charge in [0, 0.05) is 61.5 Å². The summed E-state index contributed by atoms with van der Waals surface area (Å²) in [6, 6.07) is 31.7. The number of nitrogens with one attached hydrogen (secondary N) is 1. The van der Waals surface area contributed by atoms with Crippen molar-refractivity contribution in [2.24, 2.45) is 26.6 Å². The van der Waals surface area contributed by atoms with Crippen molar-refractivity contribution in [1.29, 1.82) is 0 Å². The fourth-order valence-electron chi connectivity index (χ4n) is 6.60. The molecule has 1 heterocycles. The van der Waals surface area contributed by atoms with Gasteiger partial charge in [0.1, 0.15) is 24.4 Å². The van der Waals surface area contributed by atoms with Gasteiger partial charge in [-0.15, -0.1) is 0 Å². The summed E-state index contributed by atoms with van der Waals surface area (Å²) in [7, 11) is 1.27. The largest absolute Gasteiger partial charge is 0.444 e. The first-order valence-corrected chi connectivity index (χ1v) is 21.2. The monoisotopic (exact) mass is 766 g/mol. The molecule has 1 aliphatic rings. The molecule has 0 bridgehead atoms. The Hall–Kier alpha value is -4.30. The standard InChI is InChI=1S/C45H63N6O3P/c1-10-11-15-22-37(30-45(6,7)53-9)29-36(2)42(51(46-8)33-38-31-50(32-38)43(52)54-44(3,4)5)48-34-47-35-49-55(39-23-16-12-17-24-39,40-25-18-13-19-26-40)41-27-20-14-21-28-41/h12-28,30,34,36,38,46H,10-11,29,31-33,35H2,1-9H3/b22-15-,37-30+,47-34-,48-42+. The van der Waals surface area contributed by atoms with Crippen LogP contribution in [-0.2, 0) is 9.47 Å². The summed E-state index contributed by atoms with van der Waals surface area (Å²) in [5, 5.41) is 5.64. The zero-order chi connectivity index (χ0) is 39.9. The van der Waals surface area contributed by atoms with E-state index in [1.165, 1.54) is 21.5 Å². The molecular formula is C45H63N6O3P. The number of rotatable bonds is 17. The number of benzene rings is 3. The lowest BCUT2D eigenvalue weighted by atomic mass is 9.94. The van der Waals surface area contributed by atoms with E-state index in [1.807, 2.05) is 46.0 Å². The number of ether oxygens (including phenoxy) is 2. The van der Waals surface area contributed by atoms with Crippen LogP contribution in [0.1, 0.15) is 67.7 Å². The molecule has 0 saturated carbocycles. The number of carbonyl (C=O) groups is 1. The summed E-state index contributed by atoms with van der Waals surface area (Å²) >= 11 is 0. The maximum absolute atomic E-state index is 12.7. The molecule has 0 spiro atoms. The predicted octanol–water partition coefficient (Wildman–Crippen LogP) is 8.59. The lowest BCUT2D eigenvalue weighted by Crippen LogP contribution is -2.57. The summed E-state index contributed by atoms with van der Waals surface area (Å²) in [5.41, 5.74) is 3.64. The molecular weight excluding hydrogens is 704 g/mol. The first-order valence-electron chi connectivity index (χ1n) is 19.5. The summed E-state index contributed by atoms with van der Waals surface area (Å²) in [4.78, 5) is 24.4. The number of nitrogens with zero attached hydrogens (tertiary/aromatic N) is 5. The Balaban J connectivity index is 1.70. The van der Waals surface area contributed by atoms with Gasteiger partial charge in [-0.1, -0.05) is 129 Å². The number of amides is 1. The van der Waals surface area contributed by atoms with Gasteiger partial charge in [-0.3, -0.25) is 14.7 Å². The number of hydrazine groups is 1. The van der Waals surface area contributed by atoms with Crippen molar-refractivity contribution >= 4 is 41.2 Å². The Morgan fingerprint density at radius 3 is 1.96 bits per heavy atom. The van der Waals surface area contributed by atoms with Crippen molar-refractivity contribution in [3.8, 4) is 0 Å². The molecule has 0 aromatic heterocycles. The SMILES string of the molecule is CCC/C=C\C(=C/C(C)(C)OC)CC(C)/C(=N\C=N/CN=P(c1ccccc1)(c1ccccc1)c1ccccc1)N(CC1CN(C(=O)OC(C)(C)C)C1)NC. The van der Waals surface area contributed by atoms with E-state index in [4.69, 9.17) is 24.2 Å². The van der Waals surface area contributed by atoms with Crippen molar-refractivity contribution in [3.05, 3.63) is 115 Å². The zero-order valence-electron chi connectivity index (χ0n) is 34.5. The molecule has 55 heavy (non-hydrogen) atoms. The molecule has 9 nitrogen and oxygen atoms in total. The Labute approximate surface area is 330 Å². The number of likely N-dealkylation sites (tertiary alicyclic amines) is 1. The van der Waals surface area contributed by atoms with Crippen LogP contribution >= 0.6 is 7.05 Å². The lowest BCUT2D eigenvalue weighted by Gasteiger charge is -2.42. The van der Waals surface area contributed by atoms with E-state index >= 15 is 0 Å². The van der Waals surface area contributed by atoms with Gasteiger partial charge in [0.2, 0.25) is 0 Å². The van der Waals surface area contributed by atoms with Crippen LogP contribution in [0.5, 0.6) is 0 Å². The van der Waals surface area contributed by atoms with Gasteiger partial charge in [0.05, 0.1) is 12.7 Å². The quantitative estimate of drug-likeness (QED) is 0.0489. The average molecular weight is 767 g/mol. The van der Waals surface area contributed by atoms with Crippen LogP contribution < -0.4 is 21.3 Å². The number of aliphatic imine (C=N–C) groups is 2. The molecule has 296 valence electrons. The summed E-state index contributed by atoms with van der Waals surface area (Å²) < 4.78 is 16.9.